The molecule has 1 amide bonds. The summed E-state index contributed by atoms with van der Waals surface area (Å²) in [5, 5.41) is 20.7. The van der Waals surface area contributed by atoms with E-state index in [2.05, 4.69) is 20.7 Å². The third kappa shape index (κ3) is 2.96. The number of aromatic nitrogens is 2. The van der Waals surface area contributed by atoms with Gasteiger partial charge in [0.1, 0.15) is 5.84 Å². The lowest BCUT2D eigenvalue weighted by Crippen LogP contribution is -2.42. The van der Waals surface area contributed by atoms with Crippen molar-refractivity contribution in [2.45, 2.75) is 20.8 Å². The molecule has 0 aliphatic rings. The van der Waals surface area contributed by atoms with Crippen molar-refractivity contribution in [3.63, 3.8) is 0 Å². The van der Waals surface area contributed by atoms with Crippen molar-refractivity contribution in [1.29, 1.82) is 0 Å². The van der Waals surface area contributed by atoms with Gasteiger partial charge in [-0.3, -0.25) is 9.89 Å². The molecule has 0 bridgehead atoms. The number of carbonyl (C=O) groups excluding carboxylic acids is 1. The molecule has 0 radical (unpaired) electrons. The van der Waals surface area contributed by atoms with E-state index in [1.165, 1.54) is 6.20 Å². The minimum atomic E-state index is -0.609. The number of aryl methyl sites for hydroxylation is 1. The van der Waals surface area contributed by atoms with Gasteiger partial charge in [0.2, 0.25) is 0 Å². The first-order valence-corrected chi connectivity index (χ1v) is 5.14. The van der Waals surface area contributed by atoms with E-state index >= 15 is 0 Å². The highest BCUT2D eigenvalue weighted by Gasteiger charge is 2.25. The van der Waals surface area contributed by atoms with Crippen LogP contribution in [0.2, 0.25) is 0 Å². The van der Waals surface area contributed by atoms with E-state index in [1.54, 1.807) is 20.8 Å². The van der Waals surface area contributed by atoms with Crippen LogP contribution >= 0.6 is 0 Å². The average molecular weight is 239 g/mol. The Morgan fingerprint density at radius 3 is 2.82 bits per heavy atom. The molecule has 17 heavy (non-hydrogen) atoms. The largest absolute Gasteiger partial charge is 0.409 e. The first kappa shape index (κ1) is 13.0. The zero-order valence-corrected chi connectivity index (χ0v) is 10.1. The fourth-order valence-electron chi connectivity index (χ4n) is 1.20. The van der Waals surface area contributed by atoms with Crippen molar-refractivity contribution in [3.8, 4) is 0 Å². The van der Waals surface area contributed by atoms with E-state index in [4.69, 9.17) is 10.9 Å². The summed E-state index contributed by atoms with van der Waals surface area (Å²) >= 11 is 0. The molecule has 7 heteroatoms. The summed E-state index contributed by atoms with van der Waals surface area (Å²) in [4.78, 5) is 11.8. The third-order valence-corrected chi connectivity index (χ3v) is 2.57. The summed E-state index contributed by atoms with van der Waals surface area (Å²) in [5.41, 5.74) is 6.09. The number of carbonyl (C=O) groups is 1. The van der Waals surface area contributed by atoms with E-state index in [-0.39, 0.29) is 18.3 Å². The van der Waals surface area contributed by atoms with Gasteiger partial charge in [0.25, 0.3) is 5.91 Å². The summed E-state index contributed by atoms with van der Waals surface area (Å²) in [6.45, 7) is 5.57. The maximum Gasteiger partial charge on any atom is 0.254 e. The topological polar surface area (TPSA) is 116 Å². The lowest BCUT2D eigenvalue weighted by molar-refractivity contribution is 0.0944. The van der Waals surface area contributed by atoms with Crippen LogP contribution in [-0.4, -0.2) is 33.7 Å². The fraction of sp³-hybridized carbons (Fsp3) is 0.500. The van der Waals surface area contributed by atoms with Crippen molar-refractivity contribution in [1.82, 2.24) is 15.5 Å². The van der Waals surface area contributed by atoms with Gasteiger partial charge in [-0.15, -0.1) is 0 Å². The number of amidine groups is 1. The Morgan fingerprint density at radius 1 is 1.71 bits per heavy atom. The van der Waals surface area contributed by atoms with Crippen LogP contribution in [0.1, 0.15) is 29.9 Å². The van der Waals surface area contributed by atoms with Crippen molar-refractivity contribution in [2.75, 3.05) is 6.54 Å². The smallest absolute Gasteiger partial charge is 0.254 e. The predicted octanol–water partition coefficient (Wildman–Crippen LogP) is 0.221. The van der Waals surface area contributed by atoms with Crippen molar-refractivity contribution < 1.29 is 10.0 Å². The second-order valence-corrected chi connectivity index (χ2v) is 4.46. The molecule has 0 spiro atoms. The van der Waals surface area contributed by atoms with E-state index in [1.807, 2.05) is 0 Å². The number of aromatic amines is 1. The number of nitrogens with zero attached hydrogens (tertiary/aromatic N) is 2. The fourth-order valence-corrected chi connectivity index (χ4v) is 1.20. The number of nitrogens with two attached hydrogens (primary N) is 1. The van der Waals surface area contributed by atoms with E-state index < -0.39 is 5.41 Å². The van der Waals surface area contributed by atoms with E-state index in [9.17, 15) is 4.79 Å². The minimum absolute atomic E-state index is 0.0710. The lowest BCUT2D eigenvalue weighted by atomic mass is 9.92. The van der Waals surface area contributed by atoms with Gasteiger partial charge in [-0.25, -0.2) is 0 Å². The molecule has 0 unspecified atom stereocenters. The Hall–Kier alpha value is -2.05. The van der Waals surface area contributed by atoms with Crippen LogP contribution in [0.15, 0.2) is 11.4 Å². The third-order valence-electron chi connectivity index (χ3n) is 2.57. The minimum Gasteiger partial charge on any atom is -0.409 e. The van der Waals surface area contributed by atoms with Crippen molar-refractivity contribution in [2.24, 2.45) is 16.3 Å². The second kappa shape index (κ2) is 4.86. The van der Waals surface area contributed by atoms with Crippen molar-refractivity contribution >= 4 is 11.7 Å². The van der Waals surface area contributed by atoms with Gasteiger partial charge in [-0.05, 0) is 6.92 Å². The molecule has 0 atom stereocenters. The summed E-state index contributed by atoms with van der Waals surface area (Å²) < 4.78 is 0. The molecule has 0 fully saturated rings. The quantitative estimate of drug-likeness (QED) is 0.260. The highest BCUT2D eigenvalue weighted by molar-refractivity contribution is 5.95. The summed E-state index contributed by atoms with van der Waals surface area (Å²) in [5.74, 6) is -0.170. The van der Waals surface area contributed by atoms with Gasteiger partial charge in [-0.1, -0.05) is 19.0 Å². The molecule has 7 nitrogen and oxygen atoms in total. The molecule has 1 heterocycles. The zero-order chi connectivity index (χ0) is 13.1. The normalized spacial score (nSPS) is 12.5. The van der Waals surface area contributed by atoms with Crippen LogP contribution < -0.4 is 11.1 Å². The lowest BCUT2D eigenvalue weighted by Gasteiger charge is -2.22. The Bertz CT molecular complexity index is 436. The second-order valence-electron chi connectivity index (χ2n) is 4.46. The molecule has 0 saturated carbocycles. The van der Waals surface area contributed by atoms with Gasteiger partial charge >= 0.3 is 0 Å². The highest BCUT2D eigenvalue weighted by atomic mass is 16.4. The van der Waals surface area contributed by atoms with Crippen LogP contribution in [0.5, 0.6) is 0 Å². The van der Waals surface area contributed by atoms with Crippen LogP contribution in [-0.2, 0) is 0 Å². The number of hydrogen-bond donors (Lipinski definition) is 4. The van der Waals surface area contributed by atoms with Crippen LogP contribution in [0.3, 0.4) is 0 Å². The van der Waals surface area contributed by atoms with Gasteiger partial charge in [0, 0.05) is 17.7 Å². The average Bonchev–Trinajstić information content (AvgIpc) is 2.71. The standard InChI is InChI=1S/C10H17N5O2/c1-6-7(4-13-14-6)8(16)12-5-10(2,3)9(11)15-17/h4,17H,5H2,1-3H3,(H2,11,15)(H,12,16)(H,13,14). The summed E-state index contributed by atoms with van der Waals surface area (Å²) in [7, 11) is 0. The number of oxime groups is 1. The van der Waals surface area contributed by atoms with Gasteiger partial charge in [0.15, 0.2) is 0 Å². The molecule has 94 valence electrons. The molecule has 1 rings (SSSR count). The maximum absolute atomic E-state index is 11.8. The van der Waals surface area contributed by atoms with Gasteiger partial charge in [-0.2, -0.15) is 5.10 Å². The van der Waals surface area contributed by atoms with Crippen LogP contribution in [0.25, 0.3) is 0 Å². The molecular formula is C10H17N5O2. The zero-order valence-electron chi connectivity index (χ0n) is 10.1. The first-order valence-electron chi connectivity index (χ1n) is 5.14. The molecular weight excluding hydrogens is 222 g/mol. The van der Waals surface area contributed by atoms with E-state index in [0.29, 0.717) is 11.3 Å². The molecule has 0 aliphatic heterocycles. The Morgan fingerprint density at radius 2 is 2.35 bits per heavy atom. The number of nitrogens with one attached hydrogen (secondary N) is 2. The number of hydrogen-bond acceptors (Lipinski definition) is 4. The number of amides is 1. The van der Waals surface area contributed by atoms with Crippen LogP contribution in [0, 0.1) is 12.3 Å². The van der Waals surface area contributed by atoms with Crippen molar-refractivity contribution in [3.05, 3.63) is 17.5 Å². The van der Waals surface area contributed by atoms with Gasteiger partial charge in [0.05, 0.1) is 11.8 Å². The Kier molecular flexibility index (Phi) is 3.72. The molecule has 0 aromatic carbocycles. The summed E-state index contributed by atoms with van der Waals surface area (Å²) in [6.07, 6.45) is 1.46. The van der Waals surface area contributed by atoms with Gasteiger partial charge < -0.3 is 16.3 Å². The monoisotopic (exact) mass is 239 g/mol. The number of H-pyrrole nitrogens is 1. The predicted molar refractivity (Wildman–Crippen MR) is 62.8 cm³/mol. The first-order chi connectivity index (χ1) is 7.88. The maximum atomic E-state index is 11.8. The molecule has 0 aliphatic carbocycles. The Balaban J connectivity index is 2.64. The SMILES string of the molecule is Cc1[nH]ncc1C(=O)NCC(C)(C)C(N)=NO. The summed E-state index contributed by atoms with van der Waals surface area (Å²) in [6, 6.07) is 0. The van der Waals surface area contributed by atoms with E-state index in [0.717, 1.165) is 0 Å². The molecule has 1 aromatic rings. The molecule has 1 aromatic heterocycles. The molecule has 5 N–H and O–H groups in total. The van der Waals surface area contributed by atoms with Crippen LogP contribution in [0.4, 0.5) is 0 Å². The highest BCUT2D eigenvalue weighted by Crippen LogP contribution is 2.13. The Labute approximate surface area is 99.1 Å². The molecule has 0 saturated heterocycles. The number of rotatable bonds is 4.